The second kappa shape index (κ2) is 15.1. The summed E-state index contributed by atoms with van der Waals surface area (Å²) in [7, 11) is 6.01. The first-order valence-corrected chi connectivity index (χ1v) is 16.7. The van der Waals surface area contributed by atoms with Crippen molar-refractivity contribution < 1.29 is 48.0 Å². The fraction of sp³-hybridized carbons (Fsp3) is 0.600. The van der Waals surface area contributed by atoms with Gasteiger partial charge in [0.15, 0.2) is 5.72 Å². The summed E-state index contributed by atoms with van der Waals surface area (Å²) in [5.74, 6) is -1.53. The number of halogens is 1. The number of anilines is 1. The number of epoxide rings is 1. The van der Waals surface area contributed by atoms with Crippen molar-refractivity contribution in [3.05, 3.63) is 46.5 Å². The molecule has 0 saturated carbocycles. The number of esters is 1. The molecule has 1 aromatic carbocycles. The van der Waals surface area contributed by atoms with E-state index in [0.717, 1.165) is 11.1 Å². The number of nitrogens with zero attached hydrogens (tertiary/aromatic N) is 2. The average Bonchev–Trinajstić information content (AvgIpc) is 3.76. The van der Waals surface area contributed by atoms with Gasteiger partial charge in [-0.05, 0) is 44.9 Å². The lowest BCUT2D eigenvalue weighted by atomic mass is 9.83. The number of aliphatic hydroxyl groups is 1. The van der Waals surface area contributed by atoms with Crippen LogP contribution in [0.1, 0.15) is 59.4 Å². The highest BCUT2D eigenvalue weighted by atomic mass is 35.5. The molecule has 2 N–H and O–H groups in total. The molecule has 4 bridgehead atoms. The Bertz CT molecular complexity index is 1520. The van der Waals surface area contributed by atoms with Crippen LogP contribution in [0.4, 0.5) is 10.5 Å². The molecule has 0 unspecified atom stereocenters. The number of ether oxygens (including phenoxy) is 5. The number of methoxy groups -OCH3 is 2. The zero-order chi connectivity index (χ0) is 36.4. The lowest BCUT2D eigenvalue weighted by Gasteiger charge is -2.42. The molecule has 2 saturated heterocycles. The molecule has 3 aliphatic rings. The number of rotatable bonds is 6. The van der Waals surface area contributed by atoms with E-state index in [1.807, 2.05) is 13.0 Å². The fourth-order valence-electron chi connectivity index (χ4n) is 6.47. The van der Waals surface area contributed by atoms with Gasteiger partial charge in [0.1, 0.15) is 40.7 Å². The number of alkyl carbamates (subject to hydrolysis) is 1. The Morgan fingerprint density at radius 2 is 1.96 bits per heavy atom. The molecule has 3 heterocycles. The molecule has 270 valence electrons. The minimum atomic E-state index is -1.82. The Labute approximate surface area is 292 Å². The number of allylic oxidation sites excluding steroid dienone is 3. The van der Waals surface area contributed by atoms with Crippen molar-refractivity contribution in [3.8, 4) is 5.75 Å². The average molecular weight is 706 g/mol. The minimum Gasteiger partial charge on any atom is -0.495 e. The van der Waals surface area contributed by atoms with Crippen molar-refractivity contribution >= 4 is 41.2 Å². The third-order valence-corrected chi connectivity index (χ3v) is 10.2. The second-order valence-corrected chi connectivity index (χ2v) is 13.6. The summed E-state index contributed by atoms with van der Waals surface area (Å²) >= 11 is 6.72. The molecule has 0 radical (unpaired) electrons. The Morgan fingerprint density at radius 3 is 2.59 bits per heavy atom. The Balaban J connectivity index is 1.79. The van der Waals surface area contributed by atoms with Crippen LogP contribution >= 0.6 is 11.6 Å². The van der Waals surface area contributed by atoms with Gasteiger partial charge in [-0.1, -0.05) is 49.2 Å². The van der Waals surface area contributed by atoms with Crippen molar-refractivity contribution in [2.75, 3.05) is 33.2 Å². The van der Waals surface area contributed by atoms with Crippen LogP contribution in [-0.4, -0.2) is 104 Å². The molecular weight excluding hydrogens is 658 g/mol. The van der Waals surface area contributed by atoms with Crippen LogP contribution in [0.5, 0.6) is 5.75 Å². The molecule has 13 nitrogen and oxygen atoms in total. The van der Waals surface area contributed by atoms with E-state index < -0.39 is 65.7 Å². The van der Waals surface area contributed by atoms with Crippen LogP contribution in [0.15, 0.2) is 35.9 Å². The smallest absolute Gasteiger partial charge is 0.409 e. The lowest BCUT2D eigenvalue weighted by molar-refractivity contribution is -0.162. The SMILES string of the molecule is CCC(=O)N(C)[C@@H](C)C(=O)O[C@@H]1CC(=O)N(C)c2cc(cc(OC)c2Cl)C/C(C)=C/C=C/[C@H](OC)[C@@]2(O)C[C@@H](OC(=O)N2)[C@@H](C)[C@H]2O[C@]21C. The Kier molecular flexibility index (Phi) is 11.7. The molecule has 0 aromatic heterocycles. The van der Waals surface area contributed by atoms with Gasteiger partial charge in [0.25, 0.3) is 0 Å². The maximum absolute atomic E-state index is 14.0. The van der Waals surface area contributed by atoms with Crippen molar-refractivity contribution in [2.45, 2.75) is 102 Å². The molecule has 8 atom stereocenters. The number of amides is 3. The number of benzene rings is 1. The quantitative estimate of drug-likeness (QED) is 0.329. The molecule has 1 aromatic rings. The highest BCUT2D eigenvalue weighted by Gasteiger charge is 2.64. The van der Waals surface area contributed by atoms with Gasteiger partial charge in [0.2, 0.25) is 11.8 Å². The number of fused-ring (bicyclic) bond motifs is 5. The number of hydrogen-bond donors (Lipinski definition) is 2. The van der Waals surface area contributed by atoms with Crippen LogP contribution in [0.2, 0.25) is 5.02 Å². The van der Waals surface area contributed by atoms with Crippen molar-refractivity contribution in [1.82, 2.24) is 10.2 Å². The van der Waals surface area contributed by atoms with Crippen LogP contribution in [0.25, 0.3) is 0 Å². The Morgan fingerprint density at radius 1 is 1.27 bits per heavy atom. The maximum Gasteiger partial charge on any atom is 0.409 e. The van der Waals surface area contributed by atoms with E-state index in [0.29, 0.717) is 17.9 Å². The van der Waals surface area contributed by atoms with E-state index >= 15 is 0 Å². The molecule has 14 heteroatoms. The van der Waals surface area contributed by atoms with E-state index in [4.69, 9.17) is 35.3 Å². The molecule has 2 fully saturated rings. The first-order chi connectivity index (χ1) is 23.0. The summed E-state index contributed by atoms with van der Waals surface area (Å²) in [6.45, 7) is 8.68. The number of hydrogen-bond acceptors (Lipinski definition) is 10. The summed E-state index contributed by atoms with van der Waals surface area (Å²) in [5.41, 5.74) is -0.870. The van der Waals surface area contributed by atoms with Crippen molar-refractivity contribution in [3.63, 3.8) is 0 Å². The van der Waals surface area contributed by atoms with Crippen LogP contribution in [-0.2, 0) is 39.8 Å². The zero-order valence-electron chi connectivity index (χ0n) is 29.6. The van der Waals surface area contributed by atoms with Gasteiger partial charge in [-0.2, -0.15) is 0 Å². The lowest BCUT2D eigenvalue weighted by Crippen LogP contribution is -2.63. The monoisotopic (exact) mass is 705 g/mol. The van der Waals surface area contributed by atoms with Crippen LogP contribution in [0.3, 0.4) is 0 Å². The van der Waals surface area contributed by atoms with Gasteiger partial charge in [-0.3, -0.25) is 14.9 Å². The molecular formula is C35H48ClN3O10. The third kappa shape index (κ3) is 8.06. The first kappa shape index (κ1) is 38.2. The standard InChI is InChI=1S/C35H48ClN3O10/c1-10-28(40)38(6)21(4)32(42)48-27-17-29(41)39(7)23-15-22(16-24(45-8)30(23)36)14-19(2)12-11-13-26(46-9)35(44)18-25(47-33(43)37-35)20(3)31-34(27,5)49-31/h11-13,15-16,20-21,25-27,31,44H,10,14,17-18H2,1-9H3,(H,37,43)/b13-11+,19-12+/t20-,21+,25-,26+,27-,31-,34+,35+/m1/s1. The number of likely N-dealkylation sites (N-methyl/N-ethyl adjacent to an activating group) is 1. The van der Waals surface area contributed by atoms with E-state index in [9.17, 15) is 24.3 Å². The summed E-state index contributed by atoms with van der Waals surface area (Å²) in [6.07, 6.45) is 1.22. The molecule has 3 aliphatic heterocycles. The first-order valence-electron chi connectivity index (χ1n) is 16.3. The summed E-state index contributed by atoms with van der Waals surface area (Å²) < 4.78 is 29.0. The molecule has 3 amide bonds. The summed E-state index contributed by atoms with van der Waals surface area (Å²) in [6, 6.07) is 2.64. The van der Waals surface area contributed by atoms with E-state index in [1.54, 1.807) is 59.0 Å². The minimum absolute atomic E-state index is 0.0431. The maximum atomic E-state index is 14.0. The largest absolute Gasteiger partial charge is 0.495 e. The van der Waals surface area contributed by atoms with Crippen LogP contribution < -0.4 is 15.0 Å². The predicted molar refractivity (Wildman–Crippen MR) is 181 cm³/mol. The van der Waals surface area contributed by atoms with E-state index in [2.05, 4.69) is 5.32 Å². The number of nitrogens with one attached hydrogen (secondary N) is 1. The number of carbonyl (C=O) groups is 4. The van der Waals surface area contributed by atoms with Crippen molar-refractivity contribution in [2.24, 2.45) is 5.92 Å². The van der Waals surface area contributed by atoms with Gasteiger partial charge >= 0.3 is 12.1 Å². The number of carbonyl (C=O) groups excluding carboxylic acids is 4. The second-order valence-electron chi connectivity index (χ2n) is 13.3. The zero-order valence-corrected chi connectivity index (χ0v) is 30.3. The summed E-state index contributed by atoms with van der Waals surface area (Å²) in [4.78, 5) is 55.3. The molecule has 0 spiro atoms. The Hall–Kier alpha value is -3.65. The molecule has 4 rings (SSSR count). The van der Waals surface area contributed by atoms with Gasteiger partial charge in [0.05, 0.1) is 25.3 Å². The van der Waals surface area contributed by atoms with Gasteiger partial charge in [-0.15, -0.1) is 0 Å². The third-order valence-electron chi connectivity index (χ3n) is 9.83. The molecule has 0 aliphatic carbocycles. The van der Waals surface area contributed by atoms with E-state index in [-0.39, 0.29) is 30.2 Å². The van der Waals surface area contributed by atoms with Gasteiger partial charge in [-0.25, -0.2) is 9.59 Å². The van der Waals surface area contributed by atoms with Gasteiger partial charge < -0.3 is 38.6 Å². The topological polar surface area (TPSA) is 156 Å². The van der Waals surface area contributed by atoms with Crippen LogP contribution in [0, 0.1) is 5.92 Å². The normalized spacial score (nSPS) is 32.8. The summed E-state index contributed by atoms with van der Waals surface area (Å²) in [5, 5.41) is 14.4. The van der Waals surface area contributed by atoms with Gasteiger partial charge in [0, 0.05) is 40.0 Å². The molecule has 49 heavy (non-hydrogen) atoms. The van der Waals surface area contributed by atoms with E-state index in [1.165, 1.54) is 31.1 Å². The fourth-order valence-corrected chi connectivity index (χ4v) is 6.78. The predicted octanol–water partition coefficient (Wildman–Crippen LogP) is 3.92. The highest BCUT2D eigenvalue weighted by molar-refractivity contribution is 6.35. The highest BCUT2D eigenvalue weighted by Crippen LogP contribution is 2.49. The van der Waals surface area contributed by atoms with Crippen molar-refractivity contribution in [1.29, 1.82) is 0 Å².